The van der Waals surface area contributed by atoms with Gasteiger partial charge in [0.15, 0.2) is 0 Å². The Morgan fingerprint density at radius 1 is 0.521 bits per heavy atom. The number of amides is 9. The SMILES string of the molecule is CC[C@H](C)[C@H](NC(=O)[C@@H](NC(=O)[C@H](CC(C)C)NC(=O)[C@@H](N)Cc1c[nH]c2ccccc12)[C@@H](C)O)C(=O)NCCc1cccc2c1oc1c(CCC(=O)N[C@H](C(=O)N[C@@H](Cc3ccc(O)cc3)C(=O)N[C@@H](CC(N)=O)C(=O)N[C@@H](Cc3ccccc3)C(=O)O)[C@@H](C)O)cccc12. The van der Waals surface area contributed by atoms with E-state index in [4.69, 9.17) is 15.9 Å². The molecule has 7 aromatic rings. The van der Waals surface area contributed by atoms with Crippen LogP contribution in [-0.2, 0) is 80.0 Å². The summed E-state index contributed by atoms with van der Waals surface area (Å²) < 4.78 is 6.52. The van der Waals surface area contributed by atoms with E-state index in [-0.39, 0.29) is 63.2 Å². The molecule has 7 rings (SSSR count). The number of hydrogen-bond donors (Lipinski definition) is 15. The highest BCUT2D eigenvalue weighted by atomic mass is 16.4. The number of aromatic amines is 1. The number of para-hydroxylation sites is 3. The molecule has 2 heterocycles. The van der Waals surface area contributed by atoms with Gasteiger partial charge >= 0.3 is 5.97 Å². The topological polar surface area (TPSA) is 429 Å². The molecule has 0 unspecified atom stereocenters. The zero-order chi connectivity index (χ0) is 69.9. The van der Waals surface area contributed by atoms with Crippen LogP contribution in [-0.4, -0.2) is 152 Å². The average Bonchev–Trinajstić information content (AvgIpc) is 1.62. The summed E-state index contributed by atoms with van der Waals surface area (Å²) in [7, 11) is 0. The van der Waals surface area contributed by atoms with Crippen molar-refractivity contribution >= 4 is 92.0 Å². The first-order chi connectivity index (χ1) is 45.7. The van der Waals surface area contributed by atoms with Crippen molar-refractivity contribution in [3.8, 4) is 5.75 Å². The molecule has 2 aromatic heterocycles. The fraction of sp³-hybridized carbons (Fsp3) is 0.400. The molecular formula is C70H87N11O15. The van der Waals surface area contributed by atoms with E-state index in [0.717, 1.165) is 32.8 Å². The second-order valence-electron chi connectivity index (χ2n) is 24.7. The second kappa shape index (κ2) is 34.3. The van der Waals surface area contributed by atoms with Crippen LogP contribution in [0.25, 0.3) is 32.8 Å². The smallest absolute Gasteiger partial charge is 0.326 e. The van der Waals surface area contributed by atoms with Gasteiger partial charge in [0, 0.05) is 53.7 Å². The molecule has 0 bridgehead atoms. The third kappa shape index (κ3) is 20.2. The minimum atomic E-state index is -1.71. The van der Waals surface area contributed by atoms with Crippen LogP contribution in [0.2, 0.25) is 0 Å². The highest BCUT2D eigenvalue weighted by Gasteiger charge is 2.37. The van der Waals surface area contributed by atoms with Gasteiger partial charge in [-0.15, -0.1) is 0 Å². The summed E-state index contributed by atoms with van der Waals surface area (Å²) in [4.78, 5) is 139. The van der Waals surface area contributed by atoms with Gasteiger partial charge < -0.3 is 83.8 Å². The number of phenols is 1. The number of aryl methyl sites for hydroxylation is 1. The van der Waals surface area contributed by atoms with Crippen molar-refractivity contribution in [3.63, 3.8) is 0 Å². The van der Waals surface area contributed by atoms with Crippen LogP contribution >= 0.6 is 0 Å². The first-order valence-electron chi connectivity index (χ1n) is 32.0. The molecule has 9 amide bonds. The van der Waals surface area contributed by atoms with E-state index >= 15 is 0 Å². The van der Waals surface area contributed by atoms with Gasteiger partial charge in [-0.3, -0.25) is 43.2 Å². The number of carbonyl (C=O) groups excluding carboxylic acids is 9. The molecule has 0 aliphatic heterocycles. The normalized spacial score (nSPS) is 14.9. The third-order valence-corrected chi connectivity index (χ3v) is 16.7. The zero-order valence-corrected chi connectivity index (χ0v) is 54.5. The number of carboxylic acids is 1. The molecule has 11 atom stereocenters. The standard InChI is InChI=1S/C70H87N11O15/c1-7-38(4)58(80-69(93)60(40(6)83)81-66(90)52(31-37(2)3)75-63(87)50(71)34-45-36-74-51-22-12-11-19-47(45)51)67(91)73-30-29-44-18-14-21-49-48-20-13-17-43(61(48)96-62(44)49)25-28-57(86)79-59(39(5)82)68(92)77-53(32-42-23-26-46(84)27-24-42)64(88)76-54(35-56(72)85)65(89)78-55(70(94)95)33-41-15-9-8-10-16-41/h8-24,26-27,36-40,50,52-55,58-60,74,82-84H,7,25,28-35,71H2,1-6H3,(H2,72,85)(H,73,91)(H,75,87)(H,76,88)(H,77,92)(H,78,89)(H,79,86)(H,80,93)(H,81,90)(H,94,95)/t38-,39+,40+,50-,52-,53-,54-,55-,58-,59-,60-/m0/s1. The maximum absolute atomic E-state index is 14.1. The van der Waals surface area contributed by atoms with Gasteiger partial charge in [-0.1, -0.05) is 131 Å². The van der Waals surface area contributed by atoms with Gasteiger partial charge in [-0.25, -0.2) is 4.79 Å². The Morgan fingerprint density at radius 2 is 1.04 bits per heavy atom. The van der Waals surface area contributed by atoms with Crippen molar-refractivity contribution in [3.05, 3.63) is 149 Å². The monoisotopic (exact) mass is 1320 g/mol. The molecule has 0 saturated heterocycles. The highest BCUT2D eigenvalue weighted by Crippen LogP contribution is 2.34. The van der Waals surface area contributed by atoms with E-state index < -0.39 is 132 Å². The Bertz CT molecular complexity index is 3890. The van der Waals surface area contributed by atoms with Gasteiger partial charge in [0.25, 0.3) is 0 Å². The number of nitrogens with one attached hydrogen (secondary N) is 9. The Balaban J connectivity index is 0.973. The molecule has 26 heteroatoms. The molecule has 0 aliphatic carbocycles. The van der Waals surface area contributed by atoms with Gasteiger partial charge in [0.05, 0.1) is 24.7 Å². The summed E-state index contributed by atoms with van der Waals surface area (Å²) in [5.74, 6) is -9.38. The van der Waals surface area contributed by atoms with Crippen LogP contribution in [0, 0.1) is 11.8 Å². The third-order valence-electron chi connectivity index (χ3n) is 16.7. The fourth-order valence-corrected chi connectivity index (χ4v) is 11.2. The van der Waals surface area contributed by atoms with Crippen LogP contribution < -0.4 is 54.0 Å². The lowest BCUT2D eigenvalue weighted by Gasteiger charge is -2.29. The highest BCUT2D eigenvalue weighted by molar-refractivity contribution is 6.07. The Morgan fingerprint density at radius 3 is 1.66 bits per heavy atom. The molecule has 5 aromatic carbocycles. The molecule has 0 fully saturated rings. The van der Waals surface area contributed by atoms with E-state index in [1.807, 2.05) is 69.3 Å². The van der Waals surface area contributed by atoms with Crippen LogP contribution in [0.3, 0.4) is 0 Å². The average molecular weight is 1320 g/mol. The predicted molar refractivity (Wildman–Crippen MR) is 358 cm³/mol. The summed E-state index contributed by atoms with van der Waals surface area (Å²) in [6.45, 7) is 10.0. The second-order valence-corrected chi connectivity index (χ2v) is 24.7. The van der Waals surface area contributed by atoms with E-state index in [9.17, 15) is 68.4 Å². The van der Waals surface area contributed by atoms with Gasteiger partial charge in [-0.05, 0) is 97.4 Å². The zero-order valence-electron chi connectivity index (χ0n) is 54.5. The van der Waals surface area contributed by atoms with Crippen molar-refractivity contribution in [1.82, 2.24) is 47.5 Å². The van der Waals surface area contributed by atoms with Crippen molar-refractivity contribution < 1.29 is 72.8 Å². The number of primary amides is 1. The summed E-state index contributed by atoms with van der Waals surface area (Å²) in [5, 5.41) is 64.9. The largest absolute Gasteiger partial charge is 0.508 e. The number of aromatic hydroxyl groups is 1. The van der Waals surface area contributed by atoms with E-state index in [1.54, 1.807) is 55.6 Å². The number of furan rings is 1. The van der Waals surface area contributed by atoms with Crippen molar-refractivity contribution in [2.24, 2.45) is 23.3 Å². The van der Waals surface area contributed by atoms with Crippen LogP contribution in [0.15, 0.2) is 126 Å². The lowest BCUT2D eigenvalue weighted by atomic mass is 9.97. The first-order valence-corrected chi connectivity index (χ1v) is 32.0. The molecule has 512 valence electrons. The fourth-order valence-electron chi connectivity index (χ4n) is 11.2. The predicted octanol–water partition coefficient (Wildman–Crippen LogP) is 2.63. The summed E-state index contributed by atoms with van der Waals surface area (Å²) in [5.41, 5.74) is 16.8. The molecule has 96 heavy (non-hydrogen) atoms. The molecule has 0 saturated carbocycles. The Labute approximate surface area is 554 Å². The number of aliphatic carboxylic acids is 1. The van der Waals surface area contributed by atoms with Crippen LogP contribution in [0.4, 0.5) is 0 Å². The number of carboxylic acid groups (broad SMARTS) is 1. The van der Waals surface area contributed by atoms with Crippen LogP contribution in [0.5, 0.6) is 5.75 Å². The van der Waals surface area contributed by atoms with Gasteiger partial charge in [-0.2, -0.15) is 0 Å². The number of benzene rings is 5. The number of aliphatic hydroxyl groups is 2. The number of rotatable bonds is 35. The molecule has 0 radical (unpaired) electrons. The number of phenolic OH excluding ortho intramolecular Hbond substituents is 1. The van der Waals surface area contributed by atoms with Gasteiger partial charge in [0.1, 0.15) is 59.2 Å². The van der Waals surface area contributed by atoms with Crippen molar-refractivity contribution in [2.75, 3.05) is 6.54 Å². The number of fused-ring (bicyclic) bond motifs is 4. The number of carbonyl (C=O) groups is 10. The summed E-state index contributed by atoms with van der Waals surface area (Å²) in [6.07, 6.45) is -1.32. The van der Waals surface area contributed by atoms with Crippen molar-refractivity contribution in [1.29, 1.82) is 0 Å². The Hall–Kier alpha value is -10.2. The summed E-state index contributed by atoms with van der Waals surface area (Å²) in [6, 6.07) is 21.4. The maximum atomic E-state index is 14.1. The molecule has 17 N–H and O–H groups in total. The molecule has 0 spiro atoms. The van der Waals surface area contributed by atoms with Crippen LogP contribution in [0.1, 0.15) is 95.0 Å². The molecular weight excluding hydrogens is 1230 g/mol. The maximum Gasteiger partial charge on any atom is 0.326 e. The summed E-state index contributed by atoms with van der Waals surface area (Å²) >= 11 is 0. The number of hydrogen-bond acceptors (Lipinski definition) is 15. The van der Waals surface area contributed by atoms with Gasteiger partial charge in [0.2, 0.25) is 53.2 Å². The number of aliphatic hydroxyl groups excluding tert-OH is 2. The number of H-pyrrole nitrogens is 1. The van der Waals surface area contributed by atoms with Crippen molar-refractivity contribution in [2.45, 2.75) is 160 Å². The molecule has 26 nitrogen and oxygen atoms in total. The Kier molecular flexibility index (Phi) is 26.2. The first kappa shape index (κ1) is 73.2. The van der Waals surface area contributed by atoms with E-state index in [2.05, 4.69) is 47.5 Å². The van der Waals surface area contributed by atoms with E-state index in [0.29, 0.717) is 34.3 Å². The molecule has 0 aliphatic rings. The minimum Gasteiger partial charge on any atom is -0.508 e. The number of nitrogens with two attached hydrogens (primary N) is 2. The lowest BCUT2D eigenvalue weighted by Crippen LogP contribution is -2.61. The number of aromatic nitrogens is 1. The quantitative estimate of drug-likeness (QED) is 0.0271. The minimum absolute atomic E-state index is 0.0745. The lowest BCUT2D eigenvalue weighted by molar-refractivity contribution is -0.142. The van der Waals surface area contributed by atoms with E-state index in [1.165, 1.54) is 38.1 Å².